The van der Waals surface area contributed by atoms with Crippen molar-refractivity contribution in [1.82, 2.24) is 19.4 Å². The zero-order valence-electron chi connectivity index (χ0n) is 19.7. The number of halogens is 4. The number of hydrogen-bond acceptors (Lipinski definition) is 6. The maximum atomic E-state index is 14.9. The summed E-state index contributed by atoms with van der Waals surface area (Å²) in [5, 5.41) is 3.89. The number of rotatable bonds is 6. The molecule has 4 aromatic rings. The number of pyridine rings is 1. The molecule has 0 radical (unpaired) electrons. The first kappa shape index (κ1) is 24.3. The van der Waals surface area contributed by atoms with E-state index in [9.17, 15) is 18.0 Å². The van der Waals surface area contributed by atoms with E-state index in [0.29, 0.717) is 46.5 Å². The normalized spacial score (nSPS) is 16.4. The van der Waals surface area contributed by atoms with Gasteiger partial charge in [0.2, 0.25) is 5.95 Å². The molecule has 0 amide bonds. The Morgan fingerprint density at radius 2 is 1.94 bits per heavy atom. The van der Waals surface area contributed by atoms with Crippen molar-refractivity contribution >= 4 is 46.1 Å². The number of nitrogens with zero attached hydrogens (tertiary/aromatic N) is 5. The highest BCUT2D eigenvalue weighted by Crippen LogP contribution is 2.35. The van der Waals surface area contributed by atoms with Gasteiger partial charge in [0.15, 0.2) is 6.29 Å². The van der Waals surface area contributed by atoms with Crippen molar-refractivity contribution in [2.24, 2.45) is 0 Å². The summed E-state index contributed by atoms with van der Waals surface area (Å²) in [4.78, 5) is 26.9. The number of aromatic nitrogens is 4. The molecule has 1 aliphatic rings. The smallest absolute Gasteiger partial charge is 0.251 e. The molecule has 0 spiro atoms. The molecule has 3 aromatic heterocycles. The van der Waals surface area contributed by atoms with E-state index in [1.165, 1.54) is 12.1 Å². The number of fused-ring (bicyclic) bond motifs is 3. The third-order valence-electron chi connectivity index (χ3n) is 6.51. The van der Waals surface area contributed by atoms with E-state index in [0.717, 1.165) is 5.69 Å². The molecule has 1 aliphatic heterocycles. The highest BCUT2D eigenvalue weighted by atomic mass is 35.5. The zero-order chi connectivity index (χ0) is 25.6. The molecule has 0 aliphatic carbocycles. The predicted octanol–water partition coefficient (Wildman–Crippen LogP) is 5.85. The van der Waals surface area contributed by atoms with E-state index in [1.54, 1.807) is 16.5 Å². The number of aldehydes is 1. The molecule has 7 nitrogen and oxygen atoms in total. The van der Waals surface area contributed by atoms with Crippen LogP contribution in [0.1, 0.15) is 54.5 Å². The molecular formula is C25H24ClF3N6O. The minimum Gasteiger partial charge on any atom is -0.377 e. The number of alkyl halides is 2. The average molecular weight is 517 g/mol. The summed E-state index contributed by atoms with van der Waals surface area (Å²) in [6, 6.07) is 5.46. The van der Waals surface area contributed by atoms with Crippen LogP contribution in [0.4, 0.5) is 24.8 Å². The molecule has 1 aromatic carbocycles. The Morgan fingerprint density at radius 1 is 1.19 bits per heavy atom. The van der Waals surface area contributed by atoms with Gasteiger partial charge in [-0.15, -0.1) is 0 Å². The fraction of sp³-hybridized carbons (Fsp3) is 0.360. The van der Waals surface area contributed by atoms with E-state index < -0.39 is 17.8 Å². The first-order chi connectivity index (χ1) is 17.2. The molecule has 1 fully saturated rings. The van der Waals surface area contributed by atoms with Crippen LogP contribution in [0.5, 0.6) is 0 Å². The lowest BCUT2D eigenvalue weighted by Gasteiger charge is -2.33. The van der Waals surface area contributed by atoms with Crippen LogP contribution in [-0.2, 0) is 6.42 Å². The summed E-state index contributed by atoms with van der Waals surface area (Å²) in [6.07, 6.45) is 2.53. The molecule has 5 rings (SSSR count). The number of carbonyl (C=O) groups is 1. The summed E-state index contributed by atoms with van der Waals surface area (Å²) in [5.41, 5.74) is 2.89. The zero-order valence-corrected chi connectivity index (χ0v) is 20.5. The second-order valence-corrected chi connectivity index (χ2v) is 9.36. The number of imidazole rings is 1. The Morgan fingerprint density at radius 3 is 2.64 bits per heavy atom. The van der Waals surface area contributed by atoms with Gasteiger partial charge >= 0.3 is 0 Å². The fourth-order valence-corrected chi connectivity index (χ4v) is 4.73. The van der Waals surface area contributed by atoms with Crippen molar-refractivity contribution in [2.45, 2.75) is 45.1 Å². The van der Waals surface area contributed by atoms with E-state index in [2.05, 4.69) is 10.3 Å². The van der Waals surface area contributed by atoms with Crippen molar-refractivity contribution in [2.75, 3.05) is 23.3 Å². The van der Waals surface area contributed by atoms with Gasteiger partial charge in [-0.05, 0) is 37.6 Å². The highest BCUT2D eigenvalue weighted by Gasteiger charge is 2.35. The molecule has 36 heavy (non-hydrogen) atoms. The van der Waals surface area contributed by atoms with Crippen LogP contribution >= 0.6 is 11.6 Å². The minimum absolute atomic E-state index is 0.126. The fourth-order valence-electron chi connectivity index (χ4n) is 4.57. The summed E-state index contributed by atoms with van der Waals surface area (Å²) >= 11 is 5.91. The maximum absolute atomic E-state index is 14.9. The second kappa shape index (κ2) is 9.24. The molecule has 0 saturated carbocycles. The van der Waals surface area contributed by atoms with Crippen LogP contribution < -0.4 is 10.2 Å². The first-order valence-electron chi connectivity index (χ1n) is 11.7. The van der Waals surface area contributed by atoms with Gasteiger partial charge in [-0.3, -0.25) is 9.20 Å². The molecule has 11 heteroatoms. The van der Waals surface area contributed by atoms with Gasteiger partial charge in [0.05, 0.1) is 22.9 Å². The third kappa shape index (κ3) is 4.45. The first-order valence-corrected chi connectivity index (χ1v) is 12.1. The van der Waals surface area contributed by atoms with Crippen molar-refractivity contribution in [1.29, 1.82) is 0 Å². The van der Waals surface area contributed by atoms with Crippen molar-refractivity contribution in [3.05, 3.63) is 58.4 Å². The van der Waals surface area contributed by atoms with Crippen LogP contribution in [0.15, 0.2) is 30.5 Å². The third-order valence-corrected chi connectivity index (χ3v) is 6.72. The minimum atomic E-state index is -2.70. The number of aryl methyl sites for hydroxylation is 1. The Balaban J connectivity index is 1.66. The van der Waals surface area contributed by atoms with E-state index >= 15 is 0 Å². The topological polar surface area (TPSA) is 75.4 Å². The average Bonchev–Trinajstić information content (AvgIpc) is 3.29. The van der Waals surface area contributed by atoms with Crippen LogP contribution in [-0.4, -0.2) is 44.7 Å². The van der Waals surface area contributed by atoms with Gasteiger partial charge in [-0.25, -0.2) is 28.1 Å². The lowest BCUT2D eigenvalue weighted by molar-refractivity contribution is -0.0222. The monoisotopic (exact) mass is 516 g/mol. The van der Waals surface area contributed by atoms with Crippen molar-refractivity contribution < 1.29 is 18.0 Å². The lowest BCUT2D eigenvalue weighted by atomic mass is 10.0. The number of hydrogen-bond donors (Lipinski definition) is 1. The number of piperidine rings is 1. The van der Waals surface area contributed by atoms with Crippen LogP contribution in [0.25, 0.3) is 16.6 Å². The molecular weight excluding hydrogens is 493 g/mol. The van der Waals surface area contributed by atoms with Gasteiger partial charge in [-0.2, -0.15) is 0 Å². The SMILES string of the molecule is CCc1cn2c(N3CCC(F)(F)CC3)nc3c(C(C)Nc4ccc(Cl)nc4C=O)cc(F)cc3c2n1. The molecule has 1 unspecified atom stereocenters. The summed E-state index contributed by atoms with van der Waals surface area (Å²) in [7, 11) is 0. The quantitative estimate of drug-likeness (QED) is 0.256. The van der Waals surface area contributed by atoms with Gasteiger partial charge in [0.1, 0.15) is 22.3 Å². The Hall–Kier alpha value is -3.40. The summed E-state index contributed by atoms with van der Waals surface area (Å²) in [6.45, 7) is 4.06. The molecule has 0 bridgehead atoms. The second-order valence-electron chi connectivity index (χ2n) is 8.98. The van der Waals surface area contributed by atoms with E-state index in [4.69, 9.17) is 21.6 Å². The molecule has 1 saturated heterocycles. The van der Waals surface area contributed by atoms with Crippen molar-refractivity contribution in [3.63, 3.8) is 0 Å². The van der Waals surface area contributed by atoms with Crippen molar-refractivity contribution in [3.8, 4) is 0 Å². The largest absolute Gasteiger partial charge is 0.377 e. The maximum Gasteiger partial charge on any atom is 0.251 e. The van der Waals surface area contributed by atoms with Crippen LogP contribution in [0, 0.1) is 5.82 Å². The van der Waals surface area contributed by atoms with Gasteiger partial charge < -0.3 is 10.2 Å². The summed E-state index contributed by atoms with van der Waals surface area (Å²) in [5.74, 6) is -2.68. The lowest BCUT2D eigenvalue weighted by Crippen LogP contribution is -2.40. The summed E-state index contributed by atoms with van der Waals surface area (Å²) < 4.78 is 44.4. The Labute approximate surface area is 210 Å². The predicted molar refractivity (Wildman–Crippen MR) is 133 cm³/mol. The molecule has 1 atom stereocenters. The van der Waals surface area contributed by atoms with Gasteiger partial charge in [-0.1, -0.05) is 18.5 Å². The van der Waals surface area contributed by atoms with Gasteiger partial charge in [0.25, 0.3) is 5.92 Å². The van der Waals surface area contributed by atoms with E-state index in [-0.39, 0.29) is 36.8 Å². The van der Waals surface area contributed by atoms with Crippen LogP contribution in [0.2, 0.25) is 5.15 Å². The molecule has 4 heterocycles. The van der Waals surface area contributed by atoms with Crippen LogP contribution in [0.3, 0.4) is 0 Å². The number of benzene rings is 1. The number of nitrogens with one attached hydrogen (secondary N) is 1. The molecule has 1 N–H and O–H groups in total. The highest BCUT2D eigenvalue weighted by molar-refractivity contribution is 6.29. The Kier molecular flexibility index (Phi) is 6.23. The molecule has 188 valence electrons. The standard InChI is InChI=1S/C25H24ClF3N6O/c1-3-16-12-35-23(31-16)18-11-15(27)10-17(14(2)30-19-4-5-21(26)32-20(19)13-36)22(18)33-24(35)34-8-6-25(28,29)7-9-34/h4-5,10-14,30H,3,6-9H2,1-2H3. The van der Waals surface area contributed by atoms with Gasteiger partial charge in [0, 0.05) is 43.1 Å². The number of carbonyl (C=O) groups excluding carboxylic acids is 1. The number of anilines is 2. The Bertz CT molecular complexity index is 1460. The van der Waals surface area contributed by atoms with E-state index in [1.807, 2.05) is 24.9 Å².